The number of aliphatic carboxylic acids is 1. The Morgan fingerprint density at radius 3 is 2.72 bits per heavy atom. The molecule has 3 rings (SSSR count). The largest absolute Gasteiger partial charge is 0.482 e. The smallest absolute Gasteiger partial charge is 0.341 e. The topological polar surface area (TPSA) is 46.5 Å². The zero-order chi connectivity index (χ0) is 12.5. The number of benzene rings is 2. The predicted octanol–water partition coefficient (Wildman–Crippen LogP) is 2.72. The van der Waals surface area contributed by atoms with Crippen molar-refractivity contribution in [1.29, 1.82) is 0 Å². The van der Waals surface area contributed by atoms with Crippen molar-refractivity contribution in [2.75, 3.05) is 6.61 Å². The summed E-state index contributed by atoms with van der Waals surface area (Å²) >= 11 is 0. The van der Waals surface area contributed by atoms with Gasteiger partial charge in [0.15, 0.2) is 6.61 Å². The van der Waals surface area contributed by atoms with Crippen LogP contribution in [0.4, 0.5) is 0 Å². The third-order valence-corrected chi connectivity index (χ3v) is 3.16. The van der Waals surface area contributed by atoms with Gasteiger partial charge in [0.1, 0.15) is 5.75 Å². The minimum absolute atomic E-state index is 0.299. The van der Waals surface area contributed by atoms with Crippen LogP contribution in [0.1, 0.15) is 11.1 Å². The number of carboxylic acid groups (broad SMARTS) is 1. The van der Waals surface area contributed by atoms with Crippen molar-refractivity contribution in [3.05, 3.63) is 53.6 Å². The SMILES string of the molecule is O=C(O)COc1cccc2c1Cc1ccccc1-2. The van der Waals surface area contributed by atoms with Crippen LogP contribution < -0.4 is 4.74 Å². The highest BCUT2D eigenvalue weighted by Crippen LogP contribution is 2.40. The van der Waals surface area contributed by atoms with Gasteiger partial charge in [0.2, 0.25) is 0 Å². The Balaban J connectivity index is 2.00. The van der Waals surface area contributed by atoms with Crippen LogP contribution in [0.25, 0.3) is 11.1 Å². The Morgan fingerprint density at radius 1 is 1.11 bits per heavy atom. The molecule has 90 valence electrons. The lowest BCUT2D eigenvalue weighted by molar-refractivity contribution is -0.139. The lowest BCUT2D eigenvalue weighted by atomic mass is 10.1. The Kier molecular flexibility index (Phi) is 2.52. The van der Waals surface area contributed by atoms with Crippen molar-refractivity contribution < 1.29 is 14.6 Å². The molecule has 2 aromatic carbocycles. The summed E-state index contributed by atoms with van der Waals surface area (Å²) in [5.41, 5.74) is 4.71. The van der Waals surface area contributed by atoms with E-state index in [9.17, 15) is 4.79 Å². The first-order valence-corrected chi connectivity index (χ1v) is 5.80. The highest BCUT2D eigenvalue weighted by Gasteiger charge is 2.21. The van der Waals surface area contributed by atoms with Gasteiger partial charge in [-0.25, -0.2) is 4.79 Å². The van der Waals surface area contributed by atoms with E-state index in [2.05, 4.69) is 18.2 Å². The molecule has 1 N–H and O–H groups in total. The molecule has 0 heterocycles. The molecule has 0 saturated heterocycles. The van der Waals surface area contributed by atoms with Crippen LogP contribution in [0, 0.1) is 0 Å². The van der Waals surface area contributed by atoms with Gasteiger partial charge >= 0.3 is 5.97 Å². The maximum absolute atomic E-state index is 10.6. The molecule has 0 aromatic heterocycles. The van der Waals surface area contributed by atoms with Crippen LogP contribution in [-0.4, -0.2) is 17.7 Å². The van der Waals surface area contributed by atoms with E-state index in [1.165, 1.54) is 11.1 Å². The summed E-state index contributed by atoms with van der Waals surface area (Å²) in [7, 11) is 0. The third-order valence-electron chi connectivity index (χ3n) is 3.16. The van der Waals surface area contributed by atoms with Crippen molar-refractivity contribution in [3.63, 3.8) is 0 Å². The van der Waals surface area contributed by atoms with Crippen molar-refractivity contribution in [2.24, 2.45) is 0 Å². The van der Waals surface area contributed by atoms with Crippen LogP contribution in [0.5, 0.6) is 5.75 Å². The maximum Gasteiger partial charge on any atom is 0.341 e. The molecule has 0 unspecified atom stereocenters. The van der Waals surface area contributed by atoms with Gasteiger partial charge in [-0.2, -0.15) is 0 Å². The van der Waals surface area contributed by atoms with E-state index in [-0.39, 0.29) is 6.61 Å². The van der Waals surface area contributed by atoms with Gasteiger partial charge in [-0.15, -0.1) is 0 Å². The minimum atomic E-state index is -0.955. The lowest BCUT2D eigenvalue weighted by Gasteiger charge is -2.08. The molecular formula is C15H12O3. The Hall–Kier alpha value is -2.29. The molecule has 0 fully saturated rings. The quantitative estimate of drug-likeness (QED) is 0.765. The lowest BCUT2D eigenvalue weighted by Crippen LogP contribution is -2.10. The molecule has 0 saturated carbocycles. The van der Waals surface area contributed by atoms with Crippen molar-refractivity contribution in [3.8, 4) is 16.9 Å². The molecule has 1 aliphatic carbocycles. The number of ether oxygens (including phenoxy) is 1. The summed E-state index contributed by atoms with van der Waals surface area (Å²) in [6.45, 7) is -0.299. The zero-order valence-corrected chi connectivity index (χ0v) is 9.72. The van der Waals surface area contributed by atoms with Crippen molar-refractivity contribution >= 4 is 5.97 Å². The highest BCUT2D eigenvalue weighted by atomic mass is 16.5. The van der Waals surface area contributed by atoms with E-state index in [0.29, 0.717) is 5.75 Å². The van der Waals surface area contributed by atoms with E-state index in [1.54, 1.807) is 0 Å². The number of hydrogen-bond donors (Lipinski definition) is 1. The third kappa shape index (κ3) is 1.74. The van der Waals surface area contributed by atoms with Crippen molar-refractivity contribution in [1.82, 2.24) is 0 Å². The summed E-state index contributed by atoms with van der Waals surface area (Å²) in [6, 6.07) is 14.0. The summed E-state index contributed by atoms with van der Waals surface area (Å²) < 4.78 is 5.34. The second-order valence-corrected chi connectivity index (χ2v) is 4.30. The van der Waals surface area contributed by atoms with Gasteiger partial charge < -0.3 is 9.84 Å². The molecule has 3 heteroatoms. The van der Waals surface area contributed by atoms with Gasteiger partial charge in [-0.05, 0) is 22.8 Å². The summed E-state index contributed by atoms with van der Waals surface area (Å²) in [6.07, 6.45) is 0.807. The van der Waals surface area contributed by atoms with Gasteiger partial charge in [0.25, 0.3) is 0 Å². The fourth-order valence-corrected chi connectivity index (χ4v) is 2.40. The second kappa shape index (κ2) is 4.18. The summed E-state index contributed by atoms with van der Waals surface area (Å²) in [5, 5.41) is 8.67. The fourth-order valence-electron chi connectivity index (χ4n) is 2.40. The first-order chi connectivity index (χ1) is 8.75. The van der Waals surface area contributed by atoms with Crippen LogP contribution >= 0.6 is 0 Å². The second-order valence-electron chi connectivity index (χ2n) is 4.30. The number of rotatable bonds is 3. The molecule has 0 spiro atoms. The maximum atomic E-state index is 10.6. The Labute approximate surface area is 105 Å². The van der Waals surface area contributed by atoms with E-state index in [1.807, 2.05) is 24.3 Å². The zero-order valence-electron chi connectivity index (χ0n) is 9.72. The number of carbonyl (C=O) groups is 1. The molecule has 3 nitrogen and oxygen atoms in total. The summed E-state index contributed by atoms with van der Waals surface area (Å²) in [5.74, 6) is -0.283. The standard InChI is InChI=1S/C15H12O3/c16-15(17)9-18-14-7-3-6-12-11-5-2-1-4-10(11)8-13(12)14/h1-7H,8-9H2,(H,16,17). The molecule has 2 aromatic rings. The average Bonchev–Trinajstić information content (AvgIpc) is 2.75. The minimum Gasteiger partial charge on any atom is -0.482 e. The number of fused-ring (bicyclic) bond motifs is 3. The van der Waals surface area contributed by atoms with E-state index < -0.39 is 5.97 Å². The van der Waals surface area contributed by atoms with Crippen LogP contribution in [0.15, 0.2) is 42.5 Å². The van der Waals surface area contributed by atoms with Crippen LogP contribution in [-0.2, 0) is 11.2 Å². The Bertz CT molecular complexity index is 617. The molecular weight excluding hydrogens is 228 g/mol. The van der Waals surface area contributed by atoms with Crippen molar-refractivity contribution in [2.45, 2.75) is 6.42 Å². The van der Waals surface area contributed by atoms with E-state index >= 15 is 0 Å². The predicted molar refractivity (Wildman–Crippen MR) is 67.8 cm³/mol. The van der Waals surface area contributed by atoms with Crippen LogP contribution in [0.2, 0.25) is 0 Å². The molecule has 1 aliphatic rings. The monoisotopic (exact) mass is 240 g/mol. The van der Waals surface area contributed by atoms with E-state index in [4.69, 9.17) is 9.84 Å². The molecule has 0 aliphatic heterocycles. The normalized spacial score (nSPS) is 11.8. The van der Waals surface area contributed by atoms with Gasteiger partial charge in [0.05, 0.1) is 0 Å². The summed E-state index contributed by atoms with van der Waals surface area (Å²) in [4.78, 5) is 10.6. The molecule has 18 heavy (non-hydrogen) atoms. The van der Waals surface area contributed by atoms with Gasteiger partial charge in [-0.1, -0.05) is 36.4 Å². The van der Waals surface area contributed by atoms with E-state index in [0.717, 1.165) is 17.5 Å². The fraction of sp³-hybridized carbons (Fsp3) is 0.133. The number of hydrogen-bond acceptors (Lipinski definition) is 2. The first-order valence-electron chi connectivity index (χ1n) is 5.80. The van der Waals surface area contributed by atoms with Gasteiger partial charge in [0, 0.05) is 12.0 Å². The Morgan fingerprint density at radius 2 is 1.89 bits per heavy atom. The van der Waals surface area contributed by atoms with Gasteiger partial charge in [-0.3, -0.25) is 0 Å². The first kappa shape index (κ1) is 10.8. The molecule has 0 atom stereocenters. The van der Waals surface area contributed by atoms with Crippen LogP contribution in [0.3, 0.4) is 0 Å². The molecule has 0 radical (unpaired) electrons. The number of carboxylic acids is 1. The molecule has 0 amide bonds. The highest BCUT2D eigenvalue weighted by molar-refractivity contribution is 5.79. The average molecular weight is 240 g/mol. The molecule has 0 bridgehead atoms.